The highest BCUT2D eigenvalue weighted by Gasteiger charge is 2.09. The molecule has 6 nitrogen and oxygen atoms in total. The Morgan fingerprint density at radius 2 is 2.00 bits per heavy atom. The first kappa shape index (κ1) is 15.2. The SMILES string of the molecule is CCc1cc(NC(=O)CNC(=O)c2ccc(Br)cc2)n[nH]1. The van der Waals surface area contributed by atoms with Crippen molar-refractivity contribution in [3.05, 3.63) is 46.1 Å². The molecule has 1 heterocycles. The van der Waals surface area contributed by atoms with Gasteiger partial charge in [0.05, 0.1) is 6.54 Å². The molecule has 2 amide bonds. The molecule has 0 aliphatic rings. The minimum absolute atomic E-state index is 0.108. The van der Waals surface area contributed by atoms with Crippen molar-refractivity contribution in [1.82, 2.24) is 15.5 Å². The molecule has 1 aromatic carbocycles. The molecule has 0 unspecified atom stereocenters. The van der Waals surface area contributed by atoms with E-state index in [4.69, 9.17) is 0 Å². The van der Waals surface area contributed by atoms with Crippen molar-refractivity contribution in [1.29, 1.82) is 0 Å². The van der Waals surface area contributed by atoms with Gasteiger partial charge < -0.3 is 10.6 Å². The third-order valence-corrected chi connectivity index (χ3v) is 3.32. The van der Waals surface area contributed by atoms with Crippen molar-refractivity contribution in [2.75, 3.05) is 11.9 Å². The van der Waals surface area contributed by atoms with Gasteiger partial charge in [0.25, 0.3) is 5.91 Å². The number of rotatable bonds is 5. The van der Waals surface area contributed by atoms with E-state index >= 15 is 0 Å². The summed E-state index contributed by atoms with van der Waals surface area (Å²) in [6, 6.07) is 8.65. The Labute approximate surface area is 130 Å². The molecule has 0 aliphatic heterocycles. The van der Waals surface area contributed by atoms with Crippen LogP contribution in [-0.2, 0) is 11.2 Å². The smallest absolute Gasteiger partial charge is 0.251 e. The fraction of sp³-hybridized carbons (Fsp3) is 0.214. The Morgan fingerprint density at radius 3 is 2.62 bits per heavy atom. The molecule has 3 N–H and O–H groups in total. The molecule has 2 rings (SSSR count). The first-order chi connectivity index (χ1) is 10.1. The van der Waals surface area contributed by atoms with Crippen LogP contribution >= 0.6 is 15.9 Å². The molecular formula is C14H15BrN4O2. The van der Waals surface area contributed by atoms with Gasteiger partial charge in [0, 0.05) is 21.8 Å². The Bertz CT molecular complexity index is 637. The first-order valence-electron chi connectivity index (χ1n) is 6.46. The first-order valence-corrected chi connectivity index (χ1v) is 7.25. The molecule has 0 spiro atoms. The predicted octanol–water partition coefficient (Wildman–Crippen LogP) is 2.10. The van der Waals surface area contributed by atoms with E-state index in [-0.39, 0.29) is 18.4 Å². The van der Waals surface area contributed by atoms with Gasteiger partial charge >= 0.3 is 0 Å². The van der Waals surface area contributed by atoms with Gasteiger partial charge in [0.15, 0.2) is 5.82 Å². The van der Waals surface area contributed by atoms with E-state index in [1.54, 1.807) is 30.3 Å². The van der Waals surface area contributed by atoms with Crippen molar-refractivity contribution >= 4 is 33.6 Å². The van der Waals surface area contributed by atoms with Gasteiger partial charge in [0.1, 0.15) is 0 Å². The number of amides is 2. The molecule has 0 aliphatic carbocycles. The molecule has 2 aromatic rings. The molecule has 1 aromatic heterocycles. The van der Waals surface area contributed by atoms with Gasteiger partial charge in [-0.25, -0.2) is 0 Å². The second kappa shape index (κ2) is 7.03. The maximum Gasteiger partial charge on any atom is 0.251 e. The monoisotopic (exact) mass is 350 g/mol. The number of carbonyl (C=O) groups is 2. The highest BCUT2D eigenvalue weighted by Crippen LogP contribution is 2.10. The quantitative estimate of drug-likeness (QED) is 0.771. The summed E-state index contributed by atoms with van der Waals surface area (Å²) in [7, 11) is 0. The number of hydrogen-bond donors (Lipinski definition) is 3. The zero-order valence-electron chi connectivity index (χ0n) is 11.4. The summed E-state index contributed by atoms with van der Waals surface area (Å²) in [4.78, 5) is 23.5. The van der Waals surface area contributed by atoms with Gasteiger partial charge in [-0.05, 0) is 30.7 Å². The zero-order valence-corrected chi connectivity index (χ0v) is 13.0. The lowest BCUT2D eigenvalue weighted by atomic mass is 10.2. The van der Waals surface area contributed by atoms with Crippen molar-refractivity contribution in [2.24, 2.45) is 0 Å². The van der Waals surface area contributed by atoms with Crippen LogP contribution in [0.25, 0.3) is 0 Å². The number of benzene rings is 1. The van der Waals surface area contributed by atoms with Gasteiger partial charge in [0.2, 0.25) is 5.91 Å². The fourth-order valence-electron chi connectivity index (χ4n) is 1.66. The summed E-state index contributed by atoms with van der Waals surface area (Å²) in [6.45, 7) is 1.88. The molecule has 21 heavy (non-hydrogen) atoms. The number of carbonyl (C=O) groups excluding carboxylic acids is 2. The number of H-pyrrole nitrogens is 1. The van der Waals surface area contributed by atoms with E-state index in [0.29, 0.717) is 11.4 Å². The number of hydrogen-bond acceptors (Lipinski definition) is 3. The highest BCUT2D eigenvalue weighted by molar-refractivity contribution is 9.10. The lowest BCUT2D eigenvalue weighted by molar-refractivity contribution is -0.115. The maximum absolute atomic E-state index is 11.8. The van der Waals surface area contributed by atoms with Crippen LogP contribution in [0.15, 0.2) is 34.8 Å². The molecule has 0 fully saturated rings. The Morgan fingerprint density at radius 1 is 1.29 bits per heavy atom. The minimum Gasteiger partial charge on any atom is -0.343 e. The largest absolute Gasteiger partial charge is 0.343 e. The number of nitrogens with one attached hydrogen (secondary N) is 3. The summed E-state index contributed by atoms with van der Waals surface area (Å²) < 4.78 is 0.891. The molecule has 0 saturated heterocycles. The summed E-state index contributed by atoms with van der Waals surface area (Å²) in [5, 5.41) is 11.9. The van der Waals surface area contributed by atoms with E-state index in [0.717, 1.165) is 16.6 Å². The number of halogens is 1. The Hall–Kier alpha value is -2.15. The lowest BCUT2D eigenvalue weighted by Gasteiger charge is -2.05. The second-order valence-electron chi connectivity index (χ2n) is 4.37. The summed E-state index contributed by atoms with van der Waals surface area (Å²) in [5.41, 5.74) is 1.43. The van der Waals surface area contributed by atoms with Crippen LogP contribution < -0.4 is 10.6 Å². The normalized spacial score (nSPS) is 10.2. The highest BCUT2D eigenvalue weighted by atomic mass is 79.9. The number of aromatic nitrogens is 2. The van der Waals surface area contributed by atoms with E-state index < -0.39 is 0 Å². The van der Waals surface area contributed by atoms with Crippen LogP contribution in [0.3, 0.4) is 0 Å². The third-order valence-electron chi connectivity index (χ3n) is 2.80. The number of anilines is 1. The second-order valence-corrected chi connectivity index (χ2v) is 5.29. The van der Waals surface area contributed by atoms with E-state index in [1.165, 1.54) is 0 Å². The maximum atomic E-state index is 11.8. The third kappa shape index (κ3) is 4.42. The van der Waals surface area contributed by atoms with Crippen LogP contribution in [0.4, 0.5) is 5.82 Å². The summed E-state index contributed by atoms with van der Waals surface area (Å²) in [5.74, 6) is -0.168. The molecule has 7 heteroatoms. The van der Waals surface area contributed by atoms with E-state index in [1.807, 2.05) is 6.92 Å². The van der Waals surface area contributed by atoms with E-state index in [9.17, 15) is 9.59 Å². The van der Waals surface area contributed by atoms with Crippen LogP contribution in [-0.4, -0.2) is 28.6 Å². The molecule has 110 valence electrons. The van der Waals surface area contributed by atoms with Gasteiger partial charge in [-0.2, -0.15) is 5.10 Å². The molecular weight excluding hydrogens is 336 g/mol. The number of aryl methyl sites for hydroxylation is 1. The molecule has 0 saturated carbocycles. The average Bonchev–Trinajstić information content (AvgIpc) is 2.93. The van der Waals surface area contributed by atoms with Gasteiger partial charge in [-0.1, -0.05) is 22.9 Å². The lowest BCUT2D eigenvalue weighted by Crippen LogP contribution is -2.32. The minimum atomic E-state index is -0.324. The van der Waals surface area contributed by atoms with Crippen LogP contribution in [0.5, 0.6) is 0 Å². The fourth-order valence-corrected chi connectivity index (χ4v) is 1.92. The van der Waals surface area contributed by atoms with Crippen molar-refractivity contribution < 1.29 is 9.59 Å². The van der Waals surface area contributed by atoms with Gasteiger partial charge in [-0.15, -0.1) is 0 Å². The topological polar surface area (TPSA) is 86.9 Å². The Kier molecular flexibility index (Phi) is 5.10. The number of nitrogens with zero attached hydrogens (tertiary/aromatic N) is 1. The van der Waals surface area contributed by atoms with Gasteiger partial charge in [-0.3, -0.25) is 14.7 Å². The molecule has 0 atom stereocenters. The van der Waals surface area contributed by atoms with E-state index in [2.05, 4.69) is 36.8 Å². The van der Waals surface area contributed by atoms with Crippen LogP contribution in [0.1, 0.15) is 23.0 Å². The van der Waals surface area contributed by atoms with Crippen molar-refractivity contribution in [3.8, 4) is 0 Å². The Balaban J connectivity index is 1.83. The predicted molar refractivity (Wildman–Crippen MR) is 83.1 cm³/mol. The number of aromatic amines is 1. The summed E-state index contributed by atoms with van der Waals surface area (Å²) in [6.07, 6.45) is 0.809. The molecule has 0 radical (unpaired) electrons. The average molecular weight is 351 g/mol. The van der Waals surface area contributed by atoms with Crippen molar-refractivity contribution in [3.63, 3.8) is 0 Å². The van der Waals surface area contributed by atoms with Crippen LogP contribution in [0, 0.1) is 0 Å². The zero-order chi connectivity index (χ0) is 15.2. The summed E-state index contributed by atoms with van der Waals surface area (Å²) >= 11 is 3.30. The standard InChI is InChI=1S/C14H15BrN4O2/c1-2-11-7-12(19-18-11)17-13(20)8-16-14(21)9-3-5-10(15)6-4-9/h3-7H,2,8H2,1H3,(H,16,21)(H2,17,18,19,20). The molecule has 0 bridgehead atoms. The van der Waals surface area contributed by atoms with Crippen molar-refractivity contribution in [2.45, 2.75) is 13.3 Å². The van der Waals surface area contributed by atoms with Crippen LogP contribution in [0.2, 0.25) is 0 Å².